The summed E-state index contributed by atoms with van der Waals surface area (Å²) in [6, 6.07) is 10.5. The van der Waals surface area contributed by atoms with Crippen molar-refractivity contribution in [1.29, 1.82) is 0 Å². The van der Waals surface area contributed by atoms with Gasteiger partial charge in [-0.15, -0.1) is 0 Å². The van der Waals surface area contributed by atoms with Gasteiger partial charge in [-0.2, -0.15) is 5.10 Å². The summed E-state index contributed by atoms with van der Waals surface area (Å²) < 4.78 is 7.18. The summed E-state index contributed by atoms with van der Waals surface area (Å²) >= 11 is 0. The Morgan fingerprint density at radius 3 is 2.68 bits per heavy atom. The van der Waals surface area contributed by atoms with Gasteiger partial charge in [-0.25, -0.2) is 0 Å². The van der Waals surface area contributed by atoms with Crippen LogP contribution >= 0.6 is 0 Å². The summed E-state index contributed by atoms with van der Waals surface area (Å²) in [6.07, 6.45) is 3.78. The van der Waals surface area contributed by atoms with Crippen molar-refractivity contribution in [2.75, 3.05) is 25.1 Å². The summed E-state index contributed by atoms with van der Waals surface area (Å²) in [7, 11) is 0. The lowest BCUT2D eigenvalue weighted by atomic mass is 9.89. The molecule has 1 aliphatic heterocycles. The monoisotopic (exact) mass is 257 g/mol. The standard InChI is InChI=1S/C15H19N3O/c1-15(11-19-12-15)10-16-14-5-3-13(4-6-14)9-18-8-2-7-17-18/h2-8,16H,9-12H2,1H3. The van der Waals surface area contributed by atoms with Gasteiger partial charge in [0.2, 0.25) is 0 Å². The Balaban J connectivity index is 1.56. The van der Waals surface area contributed by atoms with Crippen LogP contribution in [0.15, 0.2) is 42.7 Å². The molecule has 1 saturated heterocycles. The zero-order valence-electron chi connectivity index (χ0n) is 11.2. The van der Waals surface area contributed by atoms with E-state index in [1.165, 1.54) is 5.56 Å². The molecule has 4 heteroatoms. The third-order valence-corrected chi connectivity index (χ3v) is 3.48. The van der Waals surface area contributed by atoms with Gasteiger partial charge in [0.15, 0.2) is 0 Å². The van der Waals surface area contributed by atoms with Crippen LogP contribution in [0.3, 0.4) is 0 Å². The third-order valence-electron chi connectivity index (χ3n) is 3.48. The largest absolute Gasteiger partial charge is 0.384 e. The summed E-state index contributed by atoms with van der Waals surface area (Å²) in [5, 5.41) is 7.68. The van der Waals surface area contributed by atoms with Crippen LogP contribution in [0.25, 0.3) is 0 Å². The number of nitrogens with zero attached hydrogens (tertiary/aromatic N) is 2. The van der Waals surface area contributed by atoms with Crippen LogP contribution in [-0.2, 0) is 11.3 Å². The molecule has 1 fully saturated rings. The molecule has 0 saturated carbocycles. The second-order valence-electron chi connectivity index (χ2n) is 5.56. The van der Waals surface area contributed by atoms with E-state index in [1.807, 2.05) is 16.9 Å². The van der Waals surface area contributed by atoms with Crippen LogP contribution < -0.4 is 5.32 Å². The molecule has 0 bridgehead atoms. The third kappa shape index (κ3) is 2.96. The number of ether oxygens (including phenoxy) is 1. The minimum Gasteiger partial charge on any atom is -0.384 e. The minimum absolute atomic E-state index is 0.299. The first-order valence-electron chi connectivity index (χ1n) is 6.62. The summed E-state index contributed by atoms with van der Waals surface area (Å²) in [5.41, 5.74) is 2.72. The highest BCUT2D eigenvalue weighted by molar-refractivity contribution is 5.44. The van der Waals surface area contributed by atoms with Gasteiger partial charge in [-0.05, 0) is 23.8 Å². The maximum atomic E-state index is 5.25. The predicted molar refractivity (Wildman–Crippen MR) is 75.2 cm³/mol. The number of nitrogens with one attached hydrogen (secondary N) is 1. The quantitative estimate of drug-likeness (QED) is 0.894. The molecule has 3 rings (SSSR count). The first-order valence-corrected chi connectivity index (χ1v) is 6.62. The Labute approximate surface area is 113 Å². The van der Waals surface area contributed by atoms with E-state index < -0.39 is 0 Å². The van der Waals surface area contributed by atoms with Crippen molar-refractivity contribution in [2.24, 2.45) is 5.41 Å². The lowest BCUT2D eigenvalue weighted by molar-refractivity contribution is -0.0924. The molecule has 2 aromatic rings. The van der Waals surface area contributed by atoms with Crippen molar-refractivity contribution in [3.05, 3.63) is 48.3 Å². The Morgan fingerprint density at radius 2 is 2.11 bits per heavy atom. The fraction of sp³-hybridized carbons (Fsp3) is 0.400. The van der Waals surface area contributed by atoms with Crippen LogP contribution in [0.4, 0.5) is 5.69 Å². The molecule has 1 aromatic heterocycles. The van der Waals surface area contributed by atoms with Gasteiger partial charge in [0.05, 0.1) is 19.8 Å². The van der Waals surface area contributed by atoms with E-state index in [0.717, 1.165) is 32.0 Å². The van der Waals surface area contributed by atoms with Crippen molar-refractivity contribution in [3.63, 3.8) is 0 Å². The lowest BCUT2D eigenvalue weighted by Crippen LogP contribution is -2.45. The smallest absolute Gasteiger partial charge is 0.0659 e. The maximum Gasteiger partial charge on any atom is 0.0659 e. The molecule has 0 unspecified atom stereocenters. The van der Waals surface area contributed by atoms with Crippen LogP contribution in [0.2, 0.25) is 0 Å². The predicted octanol–water partition coefficient (Wildman–Crippen LogP) is 2.38. The van der Waals surface area contributed by atoms with Gasteiger partial charge in [-0.3, -0.25) is 4.68 Å². The Bertz CT molecular complexity index is 515. The highest BCUT2D eigenvalue weighted by atomic mass is 16.5. The summed E-state index contributed by atoms with van der Waals surface area (Å²) in [5.74, 6) is 0. The molecule has 1 aromatic carbocycles. The maximum absolute atomic E-state index is 5.25. The van der Waals surface area contributed by atoms with E-state index in [2.05, 4.69) is 41.6 Å². The molecule has 0 atom stereocenters. The van der Waals surface area contributed by atoms with Gasteiger partial charge in [0.25, 0.3) is 0 Å². The highest BCUT2D eigenvalue weighted by Crippen LogP contribution is 2.26. The van der Waals surface area contributed by atoms with Gasteiger partial charge in [0, 0.05) is 30.0 Å². The Hall–Kier alpha value is -1.81. The van der Waals surface area contributed by atoms with E-state index in [4.69, 9.17) is 4.74 Å². The molecular weight excluding hydrogens is 238 g/mol. The van der Waals surface area contributed by atoms with Crippen molar-refractivity contribution < 1.29 is 4.74 Å². The summed E-state index contributed by atoms with van der Waals surface area (Å²) in [6.45, 7) is 5.74. The first kappa shape index (κ1) is 12.2. The molecule has 2 heterocycles. The number of rotatable bonds is 5. The van der Waals surface area contributed by atoms with Gasteiger partial charge in [-0.1, -0.05) is 19.1 Å². The number of aromatic nitrogens is 2. The number of benzene rings is 1. The average molecular weight is 257 g/mol. The zero-order valence-corrected chi connectivity index (χ0v) is 11.2. The number of hydrogen-bond donors (Lipinski definition) is 1. The molecule has 1 aliphatic rings. The van der Waals surface area contributed by atoms with Gasteiger partial charge >= 0.3 is 0 Å². The molecule has 0 amide bonds. The lowest BCUT2D eigenvalue weighted by Gasteiger charge is -2.38. The highest BCUT2D eigenvalue weighted by Gasteiger charge is 2.32. The fourth-order valence-corrected chi connectivity index (χ4v) is 2.18. The minimum atomic E-state index is 0.299. The van der Waals surface area contributed by atoms with E-state index in [9.17, 15) is 0 Å². The summed E-state index contributed by atoms with van der Waals surface area (Å²) in [4.78, 5) is 0. The zero-order chi connectivity index (χ0) is 13.1. The van der Waals surface area contributed by atoms with Crippen LogP contribution in [0.5, 0.6) is 0 Å². The van der Waals surface area contributed by atoms with Gasteiger partial charge in [0.1, 0.15) is 0 Å². The van der Waals surface area contributed by atoms with E-state index >= 15 is 0 Å². The normalized spacial score (nSPS) is 16.9. The van der Waals surface area contributed by atoms with Crippen molar-refractivity contribution >= 4 is 5.69 Å². The molecule has 0 aliphatic carbocycles. The number of anilines is 1. The topological polar surface area (TPSA) is 39.1 Å². The SMILES string of the molecule is CC1(CNc2ccc(Cn3cccn3)cc2)COC1. The average Bonchev–Trinajstić information content (AvgIpc) is 2.89. The molecule has 1 N–H and O–H groups in total. The van der Waals surface area contributed by atoms with Crippen molar-refractivity contribution in [3.8, 4) is 0 Å². The van der Waals surface area contributed by atoms with Crippen molar-refractivity contribution in [2.45, 2.75) is 13.5 Å². The van der Waals surface area contributed by atoms with E-state index in [0.29, 0.717) is 5.41 Å². The van der Waals surface area contributed by atoms with Crippen LogP contribution in [0, 0.1) is 5.41 Å². The van der Waals surface area contributed by atoms with Crippen LogP contribution in [0.1, 0.15) is 12.5 Å². The number of hydrogen-bond acceptors (Lipinski definition) is 3. The fourth-order valence-electron chi connectivity index (χ4n) is 2.18. The molecule has 4 nitrogen and oxygen atoms in total. The molecule has 0 radical (unpaired) electrons. The molecule has 0 spiro atoms. The van der Waals surface area contributed by atoms with Crippen LogP contribution in [-0.4, -0.2) is 29.5 Å². The second kappa shape index (κ2) is 5.05. The Kier molecular flexibility index (Phi) is 3.25. The van der Waals surface area contributed by atoms with E-state index in [1.54, 1.807) is 6.20 Å². The Morgan fingerprint density at radius 1 is 1.32 bits per heavy atom. The van der Waals surface area contributed by atoms with E-state index in [-0.39, 0.29) is 0 Å². The van der Waals surface area contributed by atoms with Crippen molar-refractivity contribution in [1.82, 2.24) is 9.78 Å². The first-order chi connectivity index (χ1) is 9.23. The van der Waals surface area contributed by atoms with Gasteiger partial charge < -0.3 is 10.1 Å². The molecule has 100 valence electrons. The second-order valence-corrected chi connectivity index (χ2v) is 5.56. The molecular formula is C15H19N3O. The molecule has 19 heavy (non-hydrogen) atoms.